The zero-order valence-electron chi connectivity index (χ0n) is 24.5. The monoisotopic (exact) mass is 499 g/mol. The first-order valence-electron chi connectivity index (χ1n) is 14.7. The Morgan fingerprint density at radius 1 is 0.917 bits per heavy atom. The summed E-state index contributed by atoms with van der Waals surface area (Å²) in [6.45, 7) is 16.5. The summed E-state index contributed by atoms with van der Waals surface area (Å²) >= 11 is 0. The van der Waals surface area contributed by atoms with Crippen molar-refractivity contribution >= 4 is 11.8 Å². The quantitative estimate of drug-likeness (QED) is 0.386. The summed E-state index contributed by atoms with van der Waals surface area (Å²) in [6.07, 6.45) is 13.4. The molecule has 4 heteroatoms. The van der Waals surface area contributed by atoms with Gasteiger partial charge in [-0.15, -0.1) is 0 Å². The van der Waals surface area contributed by atoms with Crippen LogP contribution in [0.5, 0.6) is 0 Å². The predicted molar refractivity (Wildman–Crippen MR) is 146 cm³/mol. The summed E-state index contributed by atoms with van der Waals surface area (Å²) in [6, 6.07) is 0.175. The summed E-state index contributed by atoms with van der Waals surface area (Å²) in [7, 11) is 1.52. The van der Waals surface area contributed by atoms with Crippen molar-refractivity contribution < 1.29 is 14.3 Å². The van der Waals surface area contributed by atoms with Crippen LogP contribution in [0.15, 0.2) is 11.6 Å². The summed E-state index contributed by atoms with van der Waals surface area (Å²) < 4.78 is 5.29. The van der Waals surface area contributed by atoms with Crippen LogP contribution in [0.1, 0.15) is 119 Å². The van der Waals surface area contributed by atoms with Gasteiger partial charge in [-0.3, -0.25) is 9.59 Å². The van der Waals surface area contributed by atoms with Crippen LogP contribution in [0.3, 0.4) is 0 Å². The smallest absolute Gasteiger partial charge is 0.311 e. The van der Waals surface area contributed by atoms with E-state index in [0.29, 0.717) is 11.7 Å². The molecule has 3 fully saturated rings. The minimum Gasteiger partial charge on any atom is -0.469 e. The number of hydrogen-bond donors (Lipinski definition) is 1. The molecule has 3 saturated carbocycles. The molecule has 0 heterocycles. The molecule has 4 aliphatic rings. The molecule has 0 saturated heterocycles. The number of esters is 1. The van der Waals surface area contributed by atoms with E-state index in [1.165, 1.54) is 25.5 Å². The first-order chi connectivity index (χ1) is 16.6. The zero-order valence-corrected chi connectivity index (χ0v) is 24.5. The van der Waals surface area contributed by atoms with E-state index < -0.39 is 5.41 Å². The van der Waals surface area contributed by atoms with Crippen molar-refractivity contribution in [2.45, 2.75) is 125 Å². The minimum atomic E-state index is -0.475. The van der Waals surface area contributed by atoms with Crippen molar-refractivity contribution in [3.63, 3.8) is 0 Å². The van der Waals surface area contributed by atoms with Crippen molar-refractivity contribution in [2.75, 3.05) is 7.11 Å². The topological polar surface area (TPSA) is 69.4 Å². The predicted octanol–water partition coefficient (Wildman–Crippen LogP) is 7.25. The molecule has 36 heavy (non-hydrogen) atoms. The number of hydrogen-bond acceptors (Lipinski definition) is 4. The number of carbonyl (C=O) groups excluding carboxylic acids is 2. The van der Waals surface area contributed by atoms with Crippen LogP contribution in [0.4, 0.5) is 0 Å². The third kappa shape index (κ3) is 4.12. The molecule has 4 rings (SSSR count). The average Bonchev–Trinajstić information content (AvgIpc) is 2.93. The van der Waals surface area contributed by atoms with Crippen LogP contribution in [-0.2, 0) is 14.3 Å². The van der Waals surface area contributed by atoms with E-state index in [-0.39, 0.29) is 45.5 Å². The fourth-order valence-electron chi connectivity index (χ4n) is 9.03. The number of fused-ring (bicyclic) bond motifs is 5. The molecule has 4 aliphatic carbocycles. The van der Waals surface area contributed by atoms with E-state index in [4.69, 9.17) is 10.5 Å². The van der Waals surface area contributed by atoms with Crippen molar-refractivity contribution in [2.24, 2.45) is 50.6 Å². The van der Waals surface area contributed by atoms with Crippen LogP contribution in [-0.4, -0.2) is 24.9 Å². The number of ketones is 1. The summed E-state index contributed by atoms with van der Waals surface area (Å²) in [5, 5.41) is 0. The fourth-order valence-corrected chi connectivity index (χ4v) is 9.03. The van der Waals surface area contributed by atoms with E-state index in [1.807, 2.05) is 0 Å². The number of allylic oxidation sites excluding steroid dienone is 2. The number of ether oxygens (including phenoxy) is 1. The highest BCUT2D eigenvalue weighted by Crippen LogP contribution is 2.68. The van der Waals surface area contributed by atoms with Gasteiger partial charge in [0.2, 0.25) is 0 Å². The summed E-state index contributed by atoms with van der Waals surface area (Å²) in [4.78, 5) is 26.9. The molecule has 1 unspecified atom stereocenters. The molecular weight excluding hydrogens is 446 g/mol. The second-order valence-electron chi connectivity index (χ2n) is 14.9. The lowest BCUT2D eigenvalue weighted by Gasteiger charge is -2.59. The molecule has 0 spiro atoms. The van der Waals surface area contributed by atoms with Gasteiger partial charge in [0.1, 0.15) is 0 Å². The lowest BCUT2D eigenvalue weighted by Crippen LogP contribution is -2.54. The van der Waals surface area contributed by atoms with Gasteiger partial charge in [-0.25, -0.2) is 0 Å². The van der Waals surface area contributed by atoms with E-state index in [9.17, 15) is 9.59 Å². The van der Waals surface area contributed by atoms with Gasteiger partial charge in [0.05, 0.1) is 12.5 Å². The normalized spacial score (nSPS) is 47.4. The molecule has 0 aromatic heterocycles. The Balaban J connectivity index is 1.80. The lowest BCUT2D eigenvalue weighted by molar-refractivity contribution is -0.157. The molecule has 8 atom stereocenters. The van der Waals surface area contributed by atoms with E-state index in [1.54, 1.807) is 0 Å². The lowest BCUT2D eigenvalue weighted by atomic mass is 9.45. The number of methoxy groups -OCH3 is 1. The van der Waals surface area contributed by atoms with Gasteiger partial charge in [0, 0.05) is 12.0 Å². The van der Waals surface area contributed by atoms with Crippen LogP contribution in [0, 0.1) is 44.8 Å². The SMILES string of the molecule is COC(=O)[C@@]1(C)CC[C@]2(C)CCC[C@]3(C)C(=CC(=O)[C@@H]4CCCC(N)C(C)(C)[C@@H](C)CC[C@]43C)[C@@H]2C1. The van der Waals surface area contributed by atoms with Crippen molar-refractivity contribution in [3.05, 3.63) is 11.6 Å². The Morgan fingerprint density at radius 3 is 2.28 bits per heavy atom. The highest BCUT2D eigenvalue weighted by molar-refractivity contribution is 5.95. The molecule has 0 aliphatic heterocycles. The molecule has 0 aromatic carbocycles. The Morgan fingerprint density at radius 2 is 1.61 bits per heavy atom. The van der Waals surface area contributed by atoms with Crippen molar-refractivity contribution in [3.8, 4) is 0 Å². The first-order valence-corrected chi connectivity index (χ1v) is 14.7. The standard InChI is InChI=1S/C32H53NO3/c1-21-13-16-32(7)22(11-9-12-26(33)28(21,2)3)25(34)19-23-24-20-30(5,27(35)36-8)18-17-29(24,4)14-10-15-31(23,32)6/h19,21-22,24,26H,9-18,20,33H2,1-8H3/t21-,22-,24-,26?,29-,30-,31+,32+/m0/s1. The maximum absolute atomic E-state index is 14.0. The summed E-state index contributed by atoms with van der Waals surface area (Å²) in [5.74, 6) is 1.06. The Labute approximate surface area is 220 Å². The van der Waals surface area contributed by atoms with Crippen LogP contribution in [0.2, 0.25) is 0 Å². The Kier molecular flexibility index (Phi) is 7.15. The van der Waals surface area contributed by atoms with Crippen LogP contribution >= 0.6 is 0 Å². The second kappa shape index (κ2) is 9.24. The second-order valence-corrected chi connectivity index (χ2v) is 14.9. The van der Waals surface area contributed by atoms with Gasteiger partial charge >= 0.3 is 5.97 Å². The highest BCUT2D eigenvalue weighted by Gasteiger charge is 2.61. The zero-order chi connectivity index (χ0) is 26.7. The van der Waals surface area contributed by atoms with Crippen molar-refractivity contribution in [1.82, 2.24) is 0 Å². The molecule has 0 radical (unpaired) electrons. The van der Waals surface area contributed by atoms with E-state index in [0.717, 1.165) is 57.8 Å². The van der Waals surface area contributed by atoms with Crippen molar-refractivity contribution in [1.29, 1.82) is 0 Å². The number of rotatable bonds is 1. The van der Waals surface area contributed by atoms with Gasteiger partial charge in [0.15, 0.2) is 5.78 Å². The largest absolute Gasteiger partial charge is 0.469 e. The molecule has 0 amide bonds. The van der Waals surface area contributed by atoms with Gasteiger partial charge < -0.3 is 10.5 Å². The van der Waals surface area contributed by atoms with Gasteiger partial charge in [-0.1, -0.05) is 60.0 Å². The average molecular weight is 500 g/mol. The fraction of sp³-hybridized carbons (Fsp3) is 0.875. The highest BCUT2D eigenvalue weighted by atomic mass is 16.5. The van der Waals surface area contributed by atoms with Crippen LogP contribution < -0.4 is 5.73 Å². The molecular formula is C32H53NO3. The maximum atomic E-state index is 14.0. The van der Waals surface area contributed by atoms with E-state index in [2.05, 4.69) is 54.5 Å². The minimum absolute atomic E-state index is 0.0342. The summed E-state index contributed by atoms with van der Waals surface area (Å²) in [5.41, 5.74) is 7.70. The molecule has 0 aromatic rings. The first kappa shape index (κ1) is 27.9. The Hall–Kier alpha value is -1.16. The van der Waals surface area contributed by atoms with Gasteiger partial charge in [0.25, 0.3) is 0 Å². The third-order valence-corrected chi connectivity index (χ3v) is 12.9. The third-order valence-electron chi connectivity index (χ3n) is 12.9. The van der Waals surface area contributed by atoms with E-state index >= 15 is 0 Å². The molecule has 2 N–H and O–H groups in total. The maximum Gasteiger partial charge on any atom is 0.311 e. The number of carbonyl (C=O) groups is 2. The van der Waals surface area contributed by atoms with Crippen LogP contribution in [0.25, 0.3) is 0 Å². The molecule has 204 valence electrons. The molecule has 0 bridgehead atoms. The number of nitrogens with two attached hydrogens (primary N) is 1. The Bertz CT molecular complexity index is 922. The van der Waals surface area contributed by atoms with Gasteiger partial charge in [-0.2, -0.15) is 0 Å². The molecule has 4 nitrogen and oxygen atoms in total. The van der Waals surface area contributed by atoms with Gasteiger partial charge in [-0.05, 0) is 104 Å².